The van der Waals surface area contributed by atoms with Crippen LogP contribution in [0.5, 0.6) is 5.75 Å². The summed E-state index contributed by atoms with van der Waals surface area (Å²) in [5.74, 6) is -0.893. The first-order valence-electron chi connectivity index (χ1n) is 5.99. The van der Waals surface area contributed by atoms with Gasteiger partial charge in [-0.2, -0.15) is 0 Å². The summed E-state index contributed by atoms with van der Waals surface area (Å²) in [5, 5.41) is 9.14. The van der Waals surface area contributed by atoms with Gasteiger partial charge < -0.3 is 10.0 Å². The van der Waals surface area contributed by atoms with E-state index in [1.165, 1.54) is 12.1 Å². The largest absolute Gasteiger partial charge is 0.508 e. The van der Waals surface area contributed by atoms with Crippen molar-refractivity contribution in [3.8, 4) is 5.75 Å². The molecule has 1 saturated carbocycles. The predicted octanol–water partition coefficient (Wildman–Crippen LogP) is 2.76. The average molecular weight is 272 g/mol. The Labute approximate surface area is 110 Å². The zero-order valence-electron chi connectivity index (χ0n) is 9.90. The van der Waals surface area contributed by atoms with Crippen LogP contribution in [0.25, 0.3) is 0 Å². The highest BCUT2D eigenvalue weighted by atomic mass is 35.5. The van der Waals surface area contributed by atoms with Crippen LogP contribution >= 0.6 is 11.6 Å². The van der Waals surface area contributed by atoms with E-state index in [1.54, 1.807) is 4.90 Å². The lowest BCUT2D eigenvalue weighted by Gasteiger charge is -2.37. The lowest BCUT2D eigenvalue weighted by Crippen LogP contribution is -2.45. The summed E-state index contributed by atoms with van der Waals surface area (Å²) in [7, 11) is 0. The van der Waals surface area contributed by atoms with Crippen molar-refractivity contribution in [3.05, 3.63) is 29.6 Å². The summed E-state index contributed by atoms with van der Waals surface area (Å²) in [5.41, 5.74) is -0.00943. The Morgan fingerprint density at radius 1 is 1.50 bits per heavy atom. The van der Waals surface area contributed by atoms with Gasteiger partial charge in [0.1, 0.15) is 11.6 Å². The molecule has 1 fully saturated rings. The molecule has 0 aliphatic heterocycles. The average Bonchev–Trinajstić information content (AvgIpc) is 2.25. The number of carbonyl (C=O) groups excluding carboxylic acids is 1. The van der Waals surface area contributed by atoms with Gasteiger partial charge in [0.2, 0.25) is 0 Å². The van der Waals surface area contributed by atoms with Gasteiger partial charge in [-0.1, -0.05) is 0 Å². The number of hydrogen-bond donors (Lipinski definition) is 1. The third kappa shape index (κ3) is 2.58. The summed E-state index contributed by atoms with van der Waals surface area (Å²) in [4.78, 5) is 13.9. The Hall–Kier alpha value is -1.29. The van der Waals surface area contributed by atoms with Gasteiger partial charge in [0.05, 0.1) is 5.56 Å². The summed E-state index contributed by atoms with van der Waals surface area (Å²) in [6.07, 6.45) is 2.99. The van der Waals surface area contributed by atoms with Crippen LogP contribution in [0.4, 0.5) is 4.39 Å². The van der Waals surface area contributed by atoms with Crippen LogP contribution < -0.4 is 0 Å². The van der Waals surface area contributed by atoms with Crippen molar-refractivity contribution in [1.29, 1.82) is 0 Å². The van der Waals surface area contributed by atoms with Crippen LogP contribution in [0.1, 0.15) is 29.6 Å². The topological polar surface area (TPSA) is 40.5 Å². The fourth-order valence-electron chi connectivity index (χ4n) is 2.07. The van der Waals surface area contributed by atoms with E-state index in [9.17, 15) is 9.18 Å². The fourth-order valence-corrected chi connectivity index (χ4v) is 2.25. The number of aromatic hydroxyl groups is 1. The molecule has 1 aliphatic carbocycles. The quantitative estimate of drug-likeness (QED) is 0.856. The third-order valence-corrected chi connectivity index (χ3v) is 3.45. The molecule has 2 rings (SSSR count). The van der Waals surface area contributed by atoms with Crippen molar-refractivity contribution in [3.63, 3.8) is 0 Å². The fraction of sp³-hybridized carbons (Fsp3) is 0.462. The van der Waals surface area contributed by atoms with Crippen LogP contribution in [0.3, 0.4) is 0 Å². The summed E-state index contributed by atoms with van der Waals surface area (Å²) < 4.78 is 13.6. The van der Waals surface area contributed by atoms with Crippen LogP contribution in [0.2, 0.25) is 0 Å². The van der Waals surface area contributed by atoms with Crippen LogP contribution in [-0.4, -0.2) is 34.4 Å². The van der Waals surface area contributed by atoms with Crippen molar-refractivity contribution in [2.24, 2.45) is 0 Å². The second kappa shape index (κ2) is 5.57. The van der Waals surface area contributed by atoms with Gasteiger partial charge in [-0.05, 0) is 31.4 Å². The maximum Gasteiger partial charge on any atom is 0.257 e. The summed E-state index contributed by atoms with van der Waals surface area (Å²) in [6.45, 7) is 0.422. The molecule has 0 bridgehead atoms. The third-order valence-electron chi connectivity index (χ3n) is 3.28. The molecule has 1 N–H and O–H groups in total. The van der Waals surface area contributed by atoms with Crippen LogP contribution in [0.15, 0.2) is 18.2 Å². The van der Waals surface area contributed by atoms with E-state index in [2.05, 4.69) is 0 Å². The second-order valence-electron chi connectivity index (χ2n) is 4.44. The zero-order chi connectivity index (χ0) is 13.1. The van der Waals surface area contributed by atoms with E-state index in [4.69, 9.17) is 16.7 Å². The van der Waals surface area contributed by atoms with Gasteiger partial charge in [-0.25, -0.2) is 4.39 Å². The molecule has 5 heteroatoms. The molecule has 0 heterocycles. The first kappa shape index (κ1) is 13.1. The Morgan fingerprint density at radius 3 is 2.72 bits per heavy atom. The van der Waals surface area contributed by atoms with Gasteiger partial charge in [0.25, 0.3) is 5.91 Å². The molecule has 18 heavy (non-hydrogen) atoms. The van der Waals surface area contributed by atoms with Crippen molar-refractivity contribution in [2.45, 2.75) is 25.3 Å². The zero-order valence-corrected chi connectivity index (χ0v) is 10.7. The normalized spacial score (nSPS) is 15.2. The molecule has 0 saturated heterocycles. The molecular weight excluding hydrogens is 257 g/mol. The minimum Gasteiger partial charge on any atom is -0.508 e. The Balaban J connectivity index is 2.21. The van der Waals surface area contributed by atoms with Gasteiger partial charge >= 0.3 is 0 Å². The predicted molar refractivity (Wildman–Crippen MR) is 67.5 cm³/mol. The molecule has 0 unspecified atom stereocenters. The van der Waals surface area contributed by atoms with Gasteiger partial charge in [0, 0.05) is 24.5 Å². The number of amides is 1. The highest BCUT2D eigenvalue weighted by Crippen LogP contribution is 2.27. The van der Waals surface area contributed by atoms with E-state index in [0.29, 0.717) is 12.4 Å². The van der Waals surface area contributed by atoms with Crippen LogP contribution in [0, 0.1) is 5.82 Å². The maximum absolute atomic E-state index is 13.6. The van der Waals surface area contributed by atoms with E-state index >= 15 is 0 Å². The molecule has 1 aromatic rings. The molecule has 0 atom stereocenters. The number of phenols is 1. The number of phenolic OH excluding ortho intramolecular Hbond substituents is 1. The Bertz CT molecular complexity index is 449. The van der Waals surface area contributed by atoms with E-state index in [0.717, 1.165) is 25.3 Å². The molecule has 1 aliphatic rings. The highest BCUT2D eigenvalue weighted by Gasteiger charge is 2.30. The first-order chi connectivity index (χ1) is 8.63. The molecule has 0 aromatic heterocycles. The number of nitrogens with zero attached hydrogens (tertiary/aromatic N) is 1. The molecule has 0 spiro atoms. The minimum atomic E-state index is -0.695. The lowest BCUT2D eigenvalue weighted by molar-refractivity contribution is 0.0593. The van der Waals surface area contributed by atoms with Gasteiger partial charge in [-0.3, -0.25) is 4.79 Å². The number of alkyl halides is 1. The SMILES string of the molecule is O=C(c1ccc(O)cc1F)N(CCCl)C1CCC1. The van der Waals surface area contributed by atoms with Gasteiger partial charge in [0.15, 0.2) is 0 Å². The van der Waals surface area contributed by atoms with Crippen molar-refractivity contribution in [1.82, 2.24) is 4.90 Å². The van der Waals surface area contributed by atoms with E-state index < -0.39 is 5.82 Å². The number of carbonyl (C=O) groups is 1. The number of benzene rings is 1. The molecule has 1 aromatic carbocycles. The van der Waals surface area contributed by atoms with E-state index in [1.807, 2.05) is 0 Å². The standard InChI is InChI=1S/C13H15ClFNO2/c14-6-7-16(9-2-1-3-9)13(18)11-5-4-10(17)8-12(11)15/h4-5,8-9,17H,1-3,6-7H2. The number of halogens is 2. The molecule has 98 valence electrons. The maximum atomic E-state index is 13.6. The van der Waals surface area contributed by atoms with Gasteiger partial charge in [-0.15, -0.1) is 11.6 Å². The Morgan fingerprint density at radius 2 is 2.22 bits per heavy atom. The minimum absolute atomic E-state index is 0.00943. The van der Waals surface area contributed by atoms with Crippen molar-refractivity contribution in [2.75, 3.05) is 12.4 Å². The molecule has 3 nitrogen and oxygen atoms in total. The monoisotopic (exact) mass is 271 g/mol. The van der Waals surface area contributed by atoms with Crippen molar-refractivity contribution < 1.29 is 14.3 Å². The smallest absolute Gasteiger partial charge is 0.257 e. The molecule has 0 radical (unpaired) electrons. The molecule has 1 amide bonds. The summed E-state index contributed by atoms with van der Waals surface area (Å²) in [6, 6.07) is 3.75. The molecular formula is C13H15ClFNO2. The van der Waals surface area contributed by atoms with E-state index in [-0.39, 0.29) is 23.3 Å². The highest BCUT2D eigenvalue weighted by molar-refractivity contribution is 6.18. The first-order valence-corrected chi connectivity index (χ1v) is 6.52. The summed E-state index contributed by atoms with van der Waals surface area (Å²) >= 11 is 5.69. The second-order valence-corrected chi connectivity index (χ2v) is 4.81. The number of hydrogen-bond acceptors (Lipinski definition) is 2. The lowest BCUT2D eigenvalue weighted by atomic mass is 9.91. The van der Waals surface area contributed by atoms with Crippen LogP contribution in [-0.2, 0) is 0 Å². The van der Waals surface area contributed by atoms with Crippen molar-refractivity contribution >= 4 is 17.5 Å². The Kier molecular flexibility index (Phi) is 4.07. The number of rotatable bonds is 4.